The van der Waals surface area contributed by atoms with E-state index in [0.717, 1.165) is 16.7 Å². The first kappa shape index (κ1) is 10.6. The highest BCUT2D eigenvalue weighted by molar-refractivity contribution is 5.73. The van der Waals surface area contributed by atoms with Crippen molar-refractivity contribution in [3.05, 3.63) is 48.2 Å². The summed E-state index contributed by atoms with van der Waals surface area (Å²) in [7, 11) is 1.67. The minimum Gasteiger partial charge on any atom is -0.383 e. The summed E-state index contributed by atoms with van der Waals surface area (Å²) in [6.45, 7) is 0.549. The molecule has 0 saturated heterocycles. The molecule has 0 bridgehead atoms. The molecule has 3 heteroatoms. The van der Waals surface area contributed by atoms with Crippen LogP contribution in [0.5, 0.6) is 0 Å². The Morgan fingerprint density at radius 3 is 2.69 bits per heavy atom. The Morgan fingerprint density at radius 2 is 2.00 bits per heavy atom. The molecule has 1 heterocycles. The quantitative estimate of drug-likeness (QED) is 0.853. The SMILES string of the molecule is COCc1cnc(N)c(-c2ccccc2)c1. The van der Waals surface area contributed by atoms with Crippen molar-refractivity contribution in [2.24, 2.45) is 0 Å². The van der Waals surface area contributed by atoms with Crippen LogP contribution in [0.2, 0.25) is 0 Å². The van der Waals surface area contributed by atoms with Gasteiger partial charge in [-0.3, -0.25) is 0 Å². The normalized spacial score (nSPS) is 10.3. The predicted molar refractivity (Wildman–Crippen MR) is 64.8 cm³/mol. The van der Waals surface area contributed by atoms with E-state index in [9.17, 15) is 0 Å². The van der Waals surface area contributed by atoms with Crippen LogP contribution in [0.3, 0.4) is 0 Å². The van der Waals surface area contributed by atoms with E-state index in [1.54, 1.807) is 13.3 Å². The van der Waals surface area contributed by atoms with Gasteiger partial charge in [-0.2, -0.15) is 0 Å². The monoisotopic (exact) mass is 214 g/mol. The van der Waals surface area contributed by atoms with Crippen molar-refractivity contribution in [3.63, 3.8) is 0 Å². The number of hydrogen-bond acceptors (Lipinski definition) is 3. The van der Waals surface area contributed by atoms with Crippen LogP contribution in [0.1, 0.15) is 5.56 Å². The van der Waals surface area contributed by atoms with Crippen molar-refractivity contribution in [2.45, 2.75) is 6.61 Å². The molecule has 0 radical (unpaired) electrons. The smallest absolute Gasteiger partial charge is 0.131 e. The number of nitrogen functional groups attached to an aromatic ring is 1. The summed E-state index contributed by atoms with van der Waals surface area (Å²) in [5, 5.41) is 0. The van der Waals surface area contributed by atoms with E-state index in [2.05, 4.69) is 4.98 Å². The lowest BCUT2D eigenvalue weighted by molar-refractivity contribution is 0.184. The van der Waals surface area contributed by atoms with Crippen molar-refractivity contribution in [2.75, 3.05) is 12.8 Å². The van der Waals surface area contributed by atoms with E-state index in [1.165, 1.54) is 0 Å². The summed E-state index contributed by atoms with van der Waals surface area (Å²) >= 11 is 0. The molecule has 2 N–H and O–H groups in total. The highest BCUT2D eigenvalue weighted by Gasteiger charge is 2.04. The molecule has 0 atom stereocenters. The number of anilines is 1. The molecule has 2 rings (SSSR count). The summed E-state index contributed by atoms with van der Waals surface area (Å²) in [5.41, 5.74) is 8.92. The zero-order valence-electron chi connectivity index (χ0n) is 9.18. The minimum atomic E-state index is 0.547. The Hall–Kier alpha value is -1.87. The predicted octanol–water partition coefficient (Wildman–Crippen LogP) is 2.48. The van der Waals surface area contributed by atoms with Crippen LogP contribution < -0.4 is 5.73 Å². The molecule has 0 unspecified atom stereocenters. The van der Waals surface area contributed by atoms with E-state index < -0.39 is 0 Å². The number of hydrogen-bond donors (Lipinski definition) is 1. The van der Waals surface area contributed by atoms with E-state index >= 15 is 0 Å². The topological polar surface area (TPSA) is 48.1 Å². The highest BCUT2D eigenvalue weighted by atomic mass is 16.5. The van der Waals surface area contributed by atoms with Crippen molar-refractivity contribution in [1.29, 1.82) is 0 Å². The zero-order valence-corrected chi connectivity index (χ0v) is 9.18. The van der Waals surface area contributed by atoms with E-state index in [-0.39, 0.29) is 0 Å². The van der Waals surface area contributed by atoms with Gasteiger partial charge in [0.15, 0.2) is 0 Å². The third-order valence-electron chi connectivity index (χ3n) is 2.37. The van der Waals surface area contributed by atoms with Crippen LogP contribution in [-0.2, 0) is 11.3 Å². The van der Waals surface area contributed by atoms with Crippen LogP contribution in [0.4, 0.5) is 5.82 Å². The molecule has 0 spiro atoms. The number of nitrogens with zero attached hydrogens (tertiary/aromatic N) is 1. The van der Waals surface area contributed by atoms with Crippen LogP contribution in [0.25, 0.3) is 11.1 Å². The first-order chi connectivity index (χ1) is 7.81. The van der Waals surface area contributed by atoms with Crippen molar-refractivity contribution >= 4 is 5.82 Å². The first-order valence-corrected chi connectivity index (χ1v) is 5.10. The number of ether oxygens (including phenoxy) is 1. The second kappa shape index (κ2) is 4.77. The third-order valence-corrected chi connectivity index (χ3v) is 2.37. The van der Waals surface area contributed by atoms with Gasteiger partial charge in [-0.1, -0.05) is 30.3 Å². The first-order valence-electron chi connectivity index (χ1n) is 5.10. The number of methoxy groups -OCH3 is 1. The number of rotatable bonds is 3. The Balaban J connectivity index is 2.43. The summed E-state index contributed by atoms with van der Waals surface area (Å²) in [6.07, 6.45) is 1.74. The fraction of sp³-hybridized carbons (Fsp3) is 0.154. The summed E-state index contributed by atoms with van der Waals surface area (Å²) < 4.78 is 5.08. The van der Waals surface area contributed by atoms with Crippen molar-refractivity contribution in [1.82, 2.24) is 4.98 Å². The molecule has 0 aliphatic heterocycles. The zero-order chi connectivity index (χ0) is 11.4. The van der Waals surface area contributed by atoms with Crippen LogP contribution in [0.15, 0.2) is 42.6 Å². The molecular formula is C13H14N2O. The Morgan fingerprint density at radius 1 is 1.25 bits per heavy atom. The van der Waals surface area contributed by atoms with Gasteiger partial charge in [0.25, 0.3) is 0 Å². The lowest BCUT2D eigenvalue weighted by Gasteiger charge is -2.07. The third kappa shape index (κ3) is 2.20. The van der Waals surface area contributed by atoms with E-state index in [0.29, 0.717) is 12.4 Å². The molecule has 0 aliphatic rings. The van der Waals surface area contributed by atoms with Gasteiger partial charge in [0.2, 0.25) is 0 Å². The maximum Gasteiger partial charge on any atom is 0.131 e. The summed E-state index contributed by atoms with van der Waals surface area (Å²) in [4.78, 5) is 4.17. The number of nitrogens with two attached hydrogens (primary N) is 1. The molecule has 16 heavy (non-hydrogen) atoms. The van der Waals surface area contributed by atoms with Crippen LogP contribution >= 0.6 is 0 Å². The van der Waals surface area contributed by atoms with Gasteiger partial charge in [0.05, 0.1) is 6.61 Å². The van der Waals surface area contributed by atoms with Gasteiger partial charge < -0.3 is 10.5 Å². The van der Waals surface area contributed by atoms with Crippen LogP contribution in [0, 0.1) is 0 Å². The van der Waals surface area contributed by atoms with Gasteiger partial charge in [0.1, 0.15) is 5.82 Å². The Kier molecular flexibility index (Phi) is 3.17. The van der Waals surface area contributed by atoms with Crippen molar-refractivity contribution in [3.8, 4) is 11.1 Å². The molecule has 82 valence electrons. The molecule has 0 amide bonds. The maximum atomic E-state index is 5.87. The molecule has 1 aromatic heterocycles. The highest BCUT2D eigenvalue weighted by Crippen LogP contribution is 2.24. The molecule has 0 fully saturated rings. The van der Waals surface area contributed by atoms with Crippen molar-refractivity contribution < 1.29 is 4.74 Å². The van der Waals surface area contributed by atoms with Gasteiger partial charge in [-0.25, -0.2) is 4.98 Å². The average Bonchev–Trinajstić information content (AvgIpc) is 2.33. The molecule has 3 nitrogen and oxygen atoms in total. The lowest BCUT2D eigenvalue weighted by Crippen LogP contribution is -1.97. The van der Waals surface area contributed by atoms with Gasteiger partial charge in [-0.15, -0.1) is 0 Å². The number of pyridine rings is 1. The maximum absolute atomic E-state index is 5.87. The molecule has 1 aromatic carbocycles. The second-order valence-electron chi connectivity index (χ2n) is 3.58. The molecule has 0 aliphatic carbocycles. The second-order valence-corrected chi connectivity index (χ2v) is 3.58. The minimum absolute atomic E-state index is 0.547. The molecule has 2 aromatic rings. The Bertz CT molecular complexity index is 469. The van der Waals surface area contributed by atoms with Crippen LogP contribution in [-0.4, -0.2) is 12.1 Å². The lowest BCUT2D eigenvalue weighted by atomic mass is 10.1. The fourth-order valence-electron chi connectivity index (χ4n) is 1.61. The summed E-state index contributed by atoms with van der Waals surface area (Å²) in [6, 6.07) is 12.0. The molecule has 0 saturated carbocycles. The Labute approximate surface area is 94.9 Å². The van der Waals surface area contributed by atoms with E-state index in [1.807, 2.05) is 36.4 Å². The van der Waals surface area contributed by atoms with Gasteiger partial charge in [-0.05, 0) is 17.2 Å². The number of benzene rings is 1. The van der Waals surface area contributed by atoms with Gasteiger partial charge in [0, 0.05) is 18.9 Å². The number of aromatic nitrogens is 1. The average molecular weight is 214 g/mol. The fourth-order valence-corrected chi connectivity index (χ4v) is 1.61. The van der Waals surface area contributed by atoms with Gasteiger partial charge >= 0.3 is 0 Å². The van der Waals surface area contributed by atoms with E-state index in [4.69, 9.17) is 10.5 Å². The summed E-state index contributed by atoms with van der Waals surface area (Å²) in [5.74, 6) is 0.547. The standard InChI is InChI=1S/C13H14N2O/c1-16-9-10-7-12(13(14)15-8-10)11-5-3-2-4-6-11/h2-8H,9H2,1H3,(H2,14,15). The largest absolute Gasteiger partial charge is 0.383 e. The molecular weight excluding hydrogens is 200 g/mol.